The van der Waals surface area contributed by atoms with Crippen LogP contribution in [0.2, 0.25) is 0 Å². The predicted molar refractivity (Wildman–Crippen MR) is 111 cm³/mol. The molecule has 1 saturated heterocycles. The molecule has 2 atom stereocenters. The summed E-state index contributed by atoms with van der Waals surface area (Å²) in [5.74, 6) is 2.02. The summed E-state index contributed by atoms with van der Waals surface area (Å²) in [5, 5.41) is 9.44. The molecule has 7 nitrogen and oxygen atoms in total. The van der Waals surface area contributed by atoms with Crippen molar-refractivity contribution in [3.05, 3.63) is 48.7 Å². The number of hydrogen-bond donors (Lipinski definition) is 0. The lowest BCUT2D eigenvalue weighted by Gasteiger charge is -2.39. The number of piperidine rings is 1. The molecule has 0 aliphatic carbocycles. The van der Waals surface area contributed by atoms with E-state index in [-0.39, 0.29) is 5.91 Å². The van der Waals surface area contributed by atoms with E-state index in [0.29, 0.717) is 35.4 Å². The minimum absolute atomic E-state index is 0.158. The van der Waals surface area contributed by atoms with Gasteiger partial charge in [-0.25, -0.2) is 0 Å². The molecule has 2 unspecified atom stereocenters. The number of thioether (sulfide) groups is 1. The molecule has 1 aliphatic rings. The Labute approximate surface area is 174 Å². The maximum atomic E-state index is 12.9. The van der Waals surface area contributed by atoms with E-state index in [1.807, 2.05) is 33.7 Å². The van der Waals surface area contributed by atoms with Crippen molar-refractivity contribution in [1.29, 1.82) is 0 Å². The quantitative estimate of drug-likeness (QED) is 0.573. The van der Waals surface area contributed by atoms with Crippen LogP contribution in [0.4, 0.5) is 0 Å². The lowest BCUT2D eigenvalue weighted by molar-refractivity contribution is -0.134. The lowest BCUT2D eigenvalue weighted by atomic mass is 9.98. The van der Waals surface area contributed by atoms with E-state index in [1.54, 1.807) is 18.7 Å². The predicted octanol–water partition coefficient (Wildman–Crippen LogP) is 3.86. The van der Waals surface area contributed by atoms with Gasteiger partial charge in [-0.2, -0.15) is 0 Å². The van der Waals surface area contributed by atoms with Crippen molar-refractivity contribution in [3.63, 3.8) is 0 Å². The van der Waals surface area contributed by atoms with Gasteiger partial charge in [0.2, 0.25) is 5.91 Å². The molecular weight excluding hydrogens is 386 g/mol. The maximum absolute atomic E-state index is 12.9. The summed E-state index contributed by atoms with van der Waals surface area (Å²) in [6.45, 7) is 4.77. The van der Waals surface area contributed by atoms with Crippen LogP contribution in [0.1, 0.15) is 38.9 Å². The number of amides is 1. The van der Waals surface area contributed by atoms with Gasteiger partial charge in [0.25, 0.3) is 0 Å². The monoisotopic (exact) mass is 411 g/mol. The van der Waals surface area contributed by atoms with Crippen LogP contribution in [0.3, 0.4) is 0 Å². The van der Waals surface area contributed by atoms with Gasteiger partial charge in [-0.05, 0) is 57.4 Å². The SMILES string of the molecule is CC1CCCC(C)N1C(=O)CSc1nnc(-c2cccnc2)n1Cc1ccco1. The molecular formula is C21H25N5O2S. The Balaban J connectivity index is 1.55. The van der Waals surface area contributed by atoms with Gasteiger partial charge in [0.1, 0.15) is 5.76 Å². The van der Waals surface area contributed by atoms with Crippen molar-refractivity contribution in [2.24, 2.45) is 0 Å². The fourth-order valence-electron chi connectivity index (χ4n) is 3.92. The second kappa shape index (κ2) is 8.82. The minimum Gasteiger partial charge on any atom is -0.467 e. The van der Waals surface area contributed by atoms with E-state index < -0.39 is 0 Å². The zero-order valence-electron chi connectivity index (χ0n) is 16.7. The summed E-state index contributed by atoms with van der Waals surface area (Å²) >= 11 is 1.43. The van der Waals surface area contributed by atoms with Crippen molar-refractivity contribution in [2.45, 2.75) is 56.9 Å². The molecule has 29 heavy (non-hydrogen) atoms. The molecule has 1 amide bonds. The fraction of sp³-hybridized carbons (Fsp3) is 0.429. The number of carbonyl (C=O) groups is 1. The smallest absolute Gasteiger partial charge is 0.233 e. The van der Waals surface area contributed by atoms with Crippen LogP contribution in [0, 0.1) is 0 Å². The summed E-state index contributed by atoms with van der Waals surface area (Å²) in [4.78, 5) is 19.1. The maximum Gasteiger partial charge on any atom is 0.233 e. The summed E-state index contributed by atoms with van der Waals surface area (Å²) in [6.07, 6.45) is 8.47. The highest BCUT2D eigenvalue weighted by molar-refractivity contribution is 7.99. The van der Waals surface area contributed by atoms with E-state index >= 15 is 0 Å². The fourth-order valence-corrected chi connectivity index (χ4v) is 4.73. The molecule has 8 heteroatoms. The minimum atomic E-state index is 0.158. The normalized spacial score (nSPS) is 19.4. The van der Waals surface area contributed by atoms with Gasteiger partial charge in [-0.15, -0.1) is 10.2 Å². The summed E-state index contributed by atoms with van der Waals surface area (Å²) in [5.41, 5.74) is 0.878. The first kappa shape index (κ1) is 19.7. The van der Waals surface area contributed by atoms with Crippen LogP contribution in [0.25, 0.3) is 11.4 Å². The number of likely N-dealkylation sites (tertiary alicyclic amines) is 1. The average Bonchev–Trinajstić information content (AvgIpc) is 3.37. The van der Waals surface area contributed by atoms with Crippen LogP contribution in [0.15, 0.2) is 52.5 Å². The van der Waals surface area contributed by atoms with Crippen LogP contribution in [0.5, 0.6) is 0 Å². The first-order chi connectivity index (χ1) is 14.1. The Kier molecular flexibility index (Phi) is 5.99. The van der Waals surface area contributed by atoms with Crippen molar-refractivity contribution in [2.75, 3.05) is 5.75 Å². The molecule has 3 aromatic rings. The van der Waals surface area contributed by atoms with Gasteiger partial charge in [0, 0.05) is 30.0 Å². The Morgan fingerprint density at radius 2 is 2.03 bits per heavy atom. The number of pyridine rings is 1. The first-order valence-electron chi connectivity index (χ1n) is 9.93. The zero-order chi connectivity index (χ0) is 20.2. The number of nitrogens with zero attached hydrogens (tertiary/aromatic N) is 5. The molecule has 0 aromatic carbocycles. The molecule has 1 fully saturated rings. The largest absolute Gasteiger partial charge is 0.467 e. The van der Waals surface area contributed by atoms with Gasteiger partial charge in [-0.3, -0.25) is 14.3 Å². The summed E-state index contributed by atoms with van der Waals surface area (Å²) in [7, 11) is 0. The first-order valence-corrected chi connectivity index (χ1v) is 10.9. The van der Waals surface area contributed by atoms with Gasteiger partial charge < -0.3 is 9.32 Å². The summed E-state index contributed by atoms with van der Waals surface area (Å²) in [6, 6.07) is 8.18. The molecule has 3 aromatic heterocycles. The highest BCUT2D eigenvalue weighted by Crippen LogP contribution is 2.27. The molecule has 1 aliphatic heterocycles. The Hall–Kier alpha value is -2.61. The lowest BCUT2D eigenvalue weighted by Crippen LogP contribution is -2.48. The molecule has 0 spiro atoms. The van der Waals surface area contributed by atoms with Gasteiger partial charge in [-0.1, -0.05) is 11.8 Å². The van der Waals surface area contributed by atoms with E-state index in [0.717, 1.165) is 24.2 Å². The van der Waals surface area contributed by atoms with Gasteiger partial charge >= 0.3 is 0 Å². The highest BCUT2D eigenvalue weighted by Gasteiger charge is 2.29. The molecule has 152 valence electrons. The standard InChI is InChI=1S/C21H25N5O2S/c1-15-6-3-7-16(2)26(15)19(27)14-29-21-24-23-20(17-8-4-10-22-12-17)25(21)13-18-9-5-11-28-18/h4-5,8-12,15-16H,3,6-7,13-14H2,1-2H3. The molecule has 0 radical (unpaired) electrons. The van der Waals surface area contributed by atoms with Crippen LogP contribution >= 0.6 is 11.8 Å². The third-order valence-corrected chi connectivity index (χ3v) is 6.29. The number of aromatic nitrogens is 4. The van der Waals surface area contributed by atoms with E-state index in [9.17, 15) is 4.79 Å². The highest BCUT2D eigenvalue weighted by atomic mass is 32.2. The third-order valence-electron chi connectivity index (χ3n) is 5.34. The average molecular weight is 412 g/mol. The van der Waals surface area contributed by atoms with E-state index in [2.05, 4.69) is 29.0 Å². The van der Waals surface area contributed by atoms with E-state index in [4.69, 9.17) is 4.42 Å². The van der Waals surface area contributed by atoms with Crippen molar-refractivity contribution < 1.29 is 9.21 Å². The number of rotatable bonds is 6. The van der Waals surface area contributed by atoms with Crippen LogP contribution in [-0.4, -0.2) is 48.4 Å². The van der Waals surface area contributed by atoms with Crippen LogP contribution < -0.4 is 0 Å². The molecule has 0 saturated carbocycles. The molecule has 4 rings (SSSR count). The Bertz CT molecular complexity index is 931. The molecule has 0 N–H and O–H groups in total. The Morgan fingerprint density at radius 3 is 2.72 bits per heavy atom. The van der Waals surface area contributed by atoms with Crippen molar-refractivity contribution in [3.8, 4) is 11.4 Å². The van der Waals surface area contributed by atoms with Gasteiger partial charge in [0.05, 0.1) is 18.6 Å². The van der Waals surface area contributed by atoms with Crippen molar-refractivity contribution >= 4 is 17.7 Å². The third kappa shape index (κ3) is 4.37. The number of hydrogen-bond acceptors (Lipinski definition) is 6. The second-order valence-electron chi connectivity index (χ2n) is 7.43. The molecule has 0 bridgehead atoms. The zero-order valence-corrected chi connectivity index (χ0v) is 17.5. The van der Waals surface area contributed by atoms with Crippen molar-refractivity contribution in [1.82, 2.24) is 24.6 Å². The van der Waals surface area contributed by atoms with E-state index in [1.165, 1.54) is 18.2 Å². The topological polar surface area (TPSA) is 77.1 Å². The summed E-state index contributed by atoms with van der Waals surface area (Å²) < 4.78 is 7.51. The molecule has 4 heterocycles. The van der Waals surface area contributed by atoms with Crippen LogP contribution in [-0.2, 0) is 11.3 Å². The number of furan rings is 1. The number of carbonyl (C=O) groups excluding carboxylic acids is 1. The Morgan fingerprint density at radius 1 is 1.21 bits per heavy atom. The second-order valence-corrected chi connectivity index (χ2v) is 8.37. The van der Waals surface area contributed by atoms with Gasteiger partial charge in [0.15, 0.2) is 11.0 Å².